The van der Waals surface area contributed by atoms with Crippen LogP contribution < -0.4 is 4.74 Å². The predicted molar refractivity (Wildman–Crippen MR) is 121 cm³/mol. The maximum absolute atomic E-state index is 13.6. The minimum absolute atomic E-state index is 0.000813. The van der Waals surface area contributed by atoms with Crippen LogP contribution in [0.1, 0.15) is 30.9 Å². The molecule has 158 valence electrons. The van der Waals surface area contributed by atoms with Crippen molar-refractivity contribution in [3.8, 4) is 5.75 Å². The van der Waals surface area contributed by atoms with E-state index < -0.39 is 6.10 Å². The molecule has 30 heavy (non-hydrogen) atoms. The highest BCUT2D eigenvalue weighted by Gasteiger charge is 2.33. The van der Waals surface area contributed by atoms with E-state index >= 15 is 0 Å². The van der Waals surface area contributed by atoms with Crippen molar-refractivity contribution in [2.45, 2.75) is 31.4 Å². The second-order valence-corrected chi connectivity index (χ2v) is 8.63. The predicted octanol–water partition coefficient (Wildman–Crippen LogP) is 5.37. The van der Waals surface area contributed by atoms with E-state index in [-0.39, 0.29) is 11.9 Å². The Bertz CT molecular complexity index is 897. The summed E-state index contributed by atoms with van der Waals surface area (Å²) in [7, 11) is 0. The second-order valence-electron chi connectivity index (χ2n) is 7.81. The zero-order valence-corrected chi connectivity index (χ0v) is 18.4. The van der Waals surface area contributed by atoms with E-state index in [0.29, 0.717) is 28.8 Å². The molecule has 0 saturated carbocycles. The molecular weight excluding hydrogens is 419 g/mol. The second kappa shape index (κ2) is 9.86. The first kappa shape index (κ1) is 21.2. The van der Waals surface area contributed by atoms with Gasteiger partial charge in [0.15, 0.2) is 6.10 Å². The fraction of sp³-hybridized carbons (Fsp3) is 0.375. The molecule has 2 aliphatic rings. The average Bonchev–Trinajstić information content (AvgIpc) is 3.21. The molecule has 1 amide bonds. The van der Waals surface area contributed by atoms with Crippen LogP contribution in [-0.4, -0.2) is 48.0 Å². The molecule has 2 heterocycles. The maximum Gasteiger partial charge on any atom is 0.264 e. The number of carbonyl (C=O) groups is 1. The molecular formula is C24H26Cl2N2O2. The first-order valence-corrected chi connectivity index (χ1v) is 11.2. The van der Waals surface area contributed by atoms with Crippen molar-refractivity contribution in [3.63, 3.8) is 0 Å². The van der Waals surface area contributed by atoms with Crippen LogP contribution in [0, 0.1) is 0 Å². The lowest BCUT2D eigenvalue weighted by Crippen LogP contribution is -2.46. The van der Waals surface area contributed by atoms with Crippen LogP contribution in [0.5, 0.6) is 5.75 Å². The minimum Gasteiger partial charge on any atom is -0.480 e. The number of ether oxygens (including phenoxy) is 1. The topological polar surface area (TPSA) is 32.8 Å². The molecule has 1 saturated heterocycles. The van der Waals surface area contributed by atoms with Gasteiger partial charge in [-0.1, -0.05) is 65.7 Å². The first-order chi connectivity index (χ1) is 14.6. The van der Waals surface area contributed by atoms with Crippen molar-refractivity contribution in [1.29, 1.82) is 0 Å². The lowest BCUT2D eigenvalue weighted by molar-refractivity contribution is -0.140. The highest BCUT2D eigenvalue weighted by atomic mass is 35.5. The fourth-order valence-corrected chi connectivity index (χ4v) is 4.43. The van der Waals surface area contributed by atoms with Gasteiger partial charge in [-0.05, 0) is 43.6 Å². The summed E-state index contributed by atoms with van der Waals surface area (Å²) in [5, 5.41) is 0.881. The number of benzene rings is 2. The van der Waals surface area contributed by atoms with Gasteiger partial charge < -0.3 is 14.5 Å². The number of nitrogens with zero attached hydrogens (tertiary/aromatic N) is 2. The van der Waals surface area contributed by atoms with Gasteiger partial charge in [-0.25, -0.2) is 0 Å². The monoisotopic (exact) mass is 444 g/mol. The highest BCUT2D eigenvalue weighted by molar-refractivity contribution is 6.42. The Morgan fingerprint density at radius 1 is 1.00 bits per heavy atom. The van der Waals surface area contributed by atoms with Gasteiger partial charge >= 0.3 is 0 Å². The SMILES string of the molecule is O=C1C(Oc2ccc(Cl)c(Cl)c2)CC=CCN1C(CN1CCCC1)c1ccccc1. The largest absolute Gasteiger partial charge is 0.480 e. The van der Waals surface area contributed by atoms with Crippen molar-refractivity contribution in [2.75, 3.05) is 26.2 Å². The zero-order chi connectivity index (χ0) is 20.9. The minimum atomic E-state index is -0.592. The summed E-state index contributed by atoms with van der Waals surface area (Å²) in [5.74, 6) is 0.549. The normalized spacial score (nSPS) is 20.9. The molecule has 0 bridgehead atoms. The molecule has 6 heteroatoms. The molecule has 0 aromatic heterocycles. The van der Waals surface area contributed by atoms with E-state index in [1.54, 1.807) is 18.2 Å². The lowest BCUT2D eigenvalue weighted by atomic mass is 10.0. The molecule has 4 rings (SSSR count). The maximum atomic E-state index is 13.6. The van der Waals surface area contributed by atoms with Crippen molar-refractivity contribution >= 4 is 29.1 Å². The summed E-state index contributed by atoms with van der Waals surface area (Å²) in [6, 6.07) is 15.4. The third kappa shape index (κ3) is 5.00. The van der Waals surface area contributed by atoms with Gasteiger partial charge in [0.25, 0.3) is 5.91 Å². The van der Waals surface area contributed by atoms with Gasteiger partial charge in [-0.3, -0.25) is 4.79 Å². The summed E-state index contributed by atoms with van der Waals surface area (Å²) >= 11 is 12.1. The Hall–Kier alpha value is -2.01. The molecule has 2 aromatic carbocycles. The number of halogens is 2. The summed E-state index contributed by atoms with van der Waals surface area (Å²) in [4.78, 5) is 18.0. The lowest BCUT2D eigenvalue weighted by Gasteiger charge is -2.35. The summed E-state index contributed by atoms with van der Waals surface area (Å²) in [6.07, 6.45) is 6.47. The Morgan fingerprint density at radius 3 is 2.50 bits per heavy atom. The van der Waals surface area contributed by atoms with Gasteiger partial charge in [0.2, 0.25) is 0 Å². The van der Waals surface area contributed by atoms with Crippen molar-refractivity contribution in [1.82, 2.24) is 9.80 Å². The summed E-state index contributed by atoms with van der Waals surface area (Å²) < 4.78 is 6.07. The molecule has 0 N–H and O–H groups in total. The highest BCUT2D eigenvalue weighted by Crippen LogP contribution is 2.30. The van der Waals surface area contributed by atoms with E-state index in [2.05, 4.69) is 23.1 Å². The smallest absolute Gasteiger partial charge is 0.264 e. The van der Waals surface area contributed by atoms with Crippen LogP contribution in [0.4, 0.5) is 0 Å². The van der Waals surface area contributed by atoms with Crippen LogP contribution in [0.25, 0.3) is 0 Å². The molecule has 2 aromatic rings. The van der Waals surface area contributed by atoms with Gasteiger partial charge in [-0.2, -0.15) is 0 Å². The molecule has 0 radical (unpaired) electrons. The van der Waals surface area contributed by atoms with Crippen LogP contribution in [0.2, 0.25) is 10.0 Å². The number of likely N-dealkylation sites (tertiary alicyclic amines) is 1. The first-order valence-electron chi connectivity index (χ1n) is 10.5. The quantitative estimate of drug-likeness (QED) is 0.561. The number of amides is 1. The van der Waals surface area contributed by atoms with E-state index in [9.17, 15) is 4.79 Å². The molecule has 4 nitrogen and oxygen atoms in total. The Morgan fingerprint density at radius 2 is 1.77 bits per heavy atom. The Balaban J connectivity index is 1.58. The molecule has 2 unspecified atom stereocenters. The van der Waals surface area contributed by atoms with E-state index in [4.69, 9.17) is 27.9 Å². The third-order valence-electron chi connectivity index (χ3n) is 5.74. The van der Waals surface area contributed by atoms with Crippen molar-refractivity contribution in [2.24, 2.45) is 0 Å². The van der Waals surface area contributed by atoms with Gasteiger partial charge in [0, 0.05) is 25.6 Å². The molecule has 0 aliphatic carbocycles. The van der Waals surface area contributed by atoms with Crippen molar-refractivity contribution < 1.29 is 9.53 Å². The van der Waals surface area contributed by atoms with E-state index in [1.807, 2.05) is 29.2 Å². The number of hydrogen-bond donors (Lipinski definition) is 0. The molecule has 0 spiro atoms. The Labute approximate surface area is 188 Å². The van der Waals surface area contributed by atoms with Crippen LogP contribution in [0.3, 0.4) is 0 Å². The van der Waals surface area contributed by atoms with Crippen LogP contribution in [0.15, 0.2) is 60.7 Å². The zero-order valence-electron chi connectivity index (χ0n) is 16.8. The Kier molecular flexibility index (Phi) is 6.98. The number of carbonyl (C=O) groups excluding carboxylic acids is 1. The van der Waals surface area contributed by atoms with Gasteiger partial charge in [0.05, 0.1) is 16.1 Å². The van der Waals surface area contributed by atoms with Gasteiger partial charge in [-0.15, -0.1) is 0 Å². The van der Waals surface area contributed by atoms with Crippen molar-refractivity contribution in [3.05, 3.63) is 76.3 Å². The number of rotatable bonds is 6. The fourth-order valence-electron chi connectivity index (χ4n) is 4.15. The average molecular weight is 445 g/mol. The molecule has 1 fully saturated rings. The van der Waals surface area contributed by atoms with Crippen LogP contribution in [-0.2, 0) is 4.79 Å². The molecule has 2 atom stereocenters. The summed E-state index contributed by atoms with van der Waals surface area (Å²) in [6.45, 7) is 3.59. The van der Waals surface area contributed by atoms with Crippen LogP contribution >= 0.6 is 23.2 Å². The van der Waals surface area contributed by atoms with E-state index in [0.717, 1.165) is 25.2 Å². The number of hydrogen-bond acceptors (Lipinski definition) is 3. The standard InChI is InChI=1S/C24H26Cl2N2O2/c25-20-12-11-19(16-21(20)26)30-23-10-4-5-15-28(24(23)29)22(17-27-13-6-7-14-27)18-8-2-1-3-9-18/h1-5,8-9,11-12,16,22-23H,6-7,10,13-15,17H2. The third-order valence-corrected chi connectivity index (χ3v) is 6.48. The van der Waals surface area contributed by atoms with Gasteiger partial charge in [0.1, 0.15) is 5.75 Å². The molecule has 2 aliphatic heterocycles. The van der Waals surface area contributed by atoms with E-state index in [1.165, 1.54) is 12.8 Å². The summed E-state index contributed by atoms with van der Waals surface area (Å²) in [5.41, 5.74) is 1.15.